The first kappa shape index (κ1) is 17.9. The maximum atomic E-state index is 12.3. The summed E-state index contributed by atoms with van der Waals surface area (Å²) in [6, 6.07) is 6.19. The molecule has 2 N–H and O–H groups in total. The Bertz CT molecular complexity index is 528. The van der Waals surface area contributed by atoms with Gasteiger partial charge < -0.3 is 15.4 Å². The Labute approximate surface area is 128 Å². The monoisotopic (exact) mass is 314 g/mol. The Morgan fingerprint density at radius 3 is 2.41 bits per heavy atom. The molecule has 0 fully saturated rings. The summed E-state index contributed by atoms with van der Waals surface area (Å²) in [5.74, 6) is -0.648. The highest BCUT2D eigenvalue weighted by Gasteiger charge is 2.21. The Hall–Kier alpha value is -2.18. The highest BCUT2D eigenvalue weighted by Crippen LogP contribution is 2.19. The predicted octanol–water partition coefficient (Wildman–Crippen LogP) is 2.07. The Morgan fingerprint density at radius 2 is 1.82 bits per heavy atom. The maximum absolute atomic E-state index is 12.3. The van der Waals surface area contributed by atoms with Gasteiger partial charge in [-0.05, 0) is 6.07 Å². The molecule has 0 aliphatic carbocycles. The van der Waals surface area contributed by atoms with Gasteiger partial charge >= 0.3 is 6.61 Å². The number of carbonyl (C=O) groups excluding carboxylic acids is 2. The summed E-state index contributed by atoms with van der Waals surface area (Å²) in [5.41, 5.74) is -0.156. The van der Waals surface area contributed by atoms with Crippen LogP contribution in [-0.4, -0.2) is 25.0 Å². The molecule has 22 heavy (non-hydrogen) atoms. The molecule has 0 saturated carbocycles. The van der Waals surface area contributed by atoms with Crippen LogP contribution in [0.25, 0.3) is 0 Å². The van der Waals surface area contributed by atoms with E-state index in [9.17, 15) is 18.4 Å². The molecule has 122 valence electrons. The van der Waals surface area contributed by atoms with Crippen LogP contribution in [0.5, 0.6) is 5.75 Å². The van der Waals surface area contributed by atoms with Gasteiger partial charge in [0.1, 0.15) is 5.75 Å². The van der Waals surface area contributed by atoms with E-state index in [-0.39, 0.29) is 24.7 Å². The quantitative estimate of drug-likeness (QED) is 0.844. The minimum absolute atomic E-state index is 0.0107. The number of hydrogen-bond donors (Lipinski definition) is 2. The summed E-state index contributed by atoms with van der Waals surface area (Å²) in [6.45, 7) is 2.14. The van der Waals surface area contributed by atoms with Gasteiger partial charge in [-0.25, -0.2) is 0 Å². The number of hydrogen-bond acceptors (Lipinski definition) is 3. The fraction of sp³-hybridized carbons (Fsp3) is 0.467. The number of halogens is 2. The van der Waals surface area contributed by atoms with Crippen LogP contribution in [0.2, 0.25) is 0 Å². The molecular weight excluding hydrogens is 294 g/mol. The van der Waals surface area contributed by atoms with E-state index in [4.69, 9.17) is 0 Å². The lowest BCUT2D eigenvalue weighted by Crippen LogP contribution is -2.41. The van der Waals surface area contributed by atoms with Crippen molar-refractivity contribution in [1.29, 1.82) is 0 Å². The number of para-hydroxylation sites is 1. The van der Waals surface area contributed by atoms with Crippen LogP contribution in [0, 0.1) is 5.41 Å². The number of amides is 2. The zero-order valence-corrected chi connectivity index (χ0v) is 12.8. The molecule has 5 nitrogen and oxygen atoms in total. The molecule has 0 aliphatic rings. The Kier molecular flexibility index (Phi) is 6.27. The van der Waals surface area contributed by atoms with Crippen molar-refractivity contribution in [3.63, 3.8) is 0 Å². The van der Waals surface area contributed by atoms with E-state index >= 15 is 0 Å². The fourth-order valence-corrected chi connectivity index (χ4v) is 1.54. The highest BCUT2D eigenvalue weighted by molar-refractivity contribution is 5.87. The van der Waals surface area contributed by atoms with E-state index in [0.717, 1.165) is 0 Å². The fourth-order valence-electron chi connectivity index (χ4n) is 1.54. The molecule has 0 atom stereocenters. The van der Waals surface area contributed by atoms with E-state index < -0.39 is 17.9 Å². The van der Waals surface area contributed by atoms with E-state index in [1.165, 1.54) is 6.07 Å². The van der Waals surface area contributed by atoms with E-state index in [2.05, 4.69) is 15.4 Å². The number of rotatable bonds is 6. The minimum Gasteiger partial charge on any atom is -0.434 e. The zero-order chi connectivity index (χ0) is 16.8. The van der Waals surface area contributed by atoms with Crippen LogP contribution in [-0.2, 0) is 16.1 Å². The first-order valence-electron chi connectivity index (χ1n) is 6.78. The normalized spacial score (nSPS) is 11.2. The third-order valence-electron chi connectivity index (χ3n) is 2.76. The molecule has 0 aliphatic heterocycles. The molecule has 0 radical (unpaired) electrons. The molecule has 0 spiro atoms. The average Bonchev–Trinajstić information content (AvgIpc) is 2.42. The zero-order valence-electron chi connectivity index (χ0n) is 12.8. The van der Waals surface area contributed by atoms with Crippen LogP contribution < -0.4 is 15.4 Å². The van der Waals surface area contributed by atoms with Crippen LogP contribution in [0.3, 0.4) is 0 Å². The van der Waals surface area contributed by atoms with E-state index in [0.29, 0.717) is 5.56 Å². The van der Waals surface area contributed by atoms with Crippen molar-refractivity contribution in [2.75, 3.05) is 6.54 Å². The summed E-state index contributed by atoms with van der Waals surface area (Å²) in [6.07, 6.45) is 0. The lowest BCUT2D eigenvalue weighted by molar-refractivity contribution is -0.131. The summed E-state index contributed by atoms with van der Waals surface area (Å²) in [5, 5.41) is 5.04. The van der Waals surface area contributed by atoms with E-state index in [1.54, 1.807) is 39.0 Å². The van der Waals surface area contributed by atoms with Gasteiger partial charge in [-0.3, -0.25) is 9.59 Å². The standard InChI is InChI=1S/C15H20F2N2O3/c1-15(2,3)13(21)19-9-12(20)18-8-10-6-4-5-7-11(10)22-14(16)17/h4-7,14H,8-9H2,1-3H3,(H,18,20)(H,19,21). The highest BCUT2D eigenvalue weighted by atomic mass is 19.3. The maximum Gasteiger partial charge on any atom is 0.387 e. The summed E-state index contributed by atoms with van der Waals surface area (Å²) in [7, 11) is 0. The smallest absolute Gasteiger partial charge is 0.387 e. The molecule has 0 unspecified atom stereocenters. The summed E-state index contributed by atoms with van der Waals surface area (Å²) >= 11 is 0. The number of alkyl halides is 2. The van der Waals surface area contributed by atoms with Crippen LogP contribution in [0.4, 0.5) is 8.78 Å². The van der Waals surface area contributed by atoms with Crippen molar-refractivity contribution in [2.45, 2.75) is 33.9 Å². The topological polar surface area (TPSA) is 67.4 Å². The van der Waals surface area contributed by atoms with Crippen molar-refractivity contribution in [3.8, 4) is 5.75 Å². The third-order valence-corrected chi connectivity index (χ3v) is 2.76. The van der Waals surface area contributed by atoms with Crippen molar-refractivity contribution in [3.05, 3.63) is 29.8 Å². The number of nitrogens with one attached hydrogen (secondary N) is 2. The molecule has 0 heterocycles. The first-order valence-corrected chi connectivity index (χ1v) is 6.78. The van der Waals surface area contributed by atoms with Crippen molar-refractivity contribution < 1.29 is 23.1 Å². The van der Waals surface area contributed by atoms with Crippen LogP contribution in [0.1, 0.15) is 26.3 Å². The first-order chi connectivity index (χ1) is 10.2. The molecule has 0 bridgehead atoms. The molecule has 1 rings (SSSR count). The van der Waals surface area contributed by atoms with Gasteiger partial charge in [-0.15, -0.1) is 0 Å². The van der Waals surface area contributed by atoms with E-state index in [1.807, 2.05) is 0 Å². The Morgan fingerprint density at radius 1 is 1.18 bits per heavy atom. The molecule has 2 amide bonds. The van der Waals surface area contributed by atoms with Gasteiger partial charge in [-0.1, -0.05) is 39.0 Å². The SMILES string of the molecule is CC(C)(C)C(=O)NCC(=O)NCc1ccccc1OC(F)F. The van der Waals surface area contributed by atoms with Crippen LogP contribution >= 0.6 is 0 Å². The minimum atomic E-state index is -2.93. The number of ether oxygens (including phenoxy) is 1. The van der Waals surface area contributed by atoms with Gasteiger partial charge in [-0.2, -0.15) is 8.78 Å². The lowest BCUT2D eigenvalue weighted by atomic mass is 9.96. The molecular formula is C15H20F2N2O3. The van der Waals surface area contributed by atoms with Gasteiger partial charge in [0.25, 0.3) is 0 Å². The van der Waals surface area contributed by atoms with Crippen molar-refractivity contribution >= 4 is 11.8 Å². The van der Waals surface area contributed by atoms with Gasteiger partial charge in [0.15, 0.2) is 0 Å². The van der Waals surface area contributed by atoms with Crippen molar-refractivity contribution in [2.24, 2.45) is 5.41 Å². The lowest BCUT2D eigenvalue weighted by Gasteiger charge is -2.17. The predicted molar refractivity (Wildman–Crippen MR) is 77.4 cm³/mol. The van der Waals surface area contributed by atoms with Gasteiger partial charge in [0.05, 0.1) is 6.54 Å². The van der Waals surface area contributed by atoms with Crippen molar-refractivity contribution in [1.82, 2.24) is 10.6 Å². The van der Waals surface area contributed by atoms with Gasteiger partial charge in [0.2, 0.25) is 11.8 Å². The Balaban J connectivity index is 2.49. The second-order valence-electron chi connectivity index (χ2n) is 5.70. The molecule has 0 aromatic heterocycles. The third kappa shape index (κ3) is 6.07. The largest absolute Gasteiger partial charge is 0.434 e. The summed E-state index contributed by atoms with van der Waals surface area (Å²) < 4.78 is 28.9. The molecule has 0 saturated heterocycles. The molecule has 1 aromatic carbocycles. The second-order valence-corrected chi connectivity index (χ2v) is 5.70. The number of carbonyl (C=O) groups is 2. The summed E-state index contributed by atoms with van der Waals surface area (Å²) in [4.78, 5) is 23.3. The molecule has 1 aromatic rings. The average molecular weight is 314 g/mol. The van der Waals surface area contributed by atoms with Crippen LogP contribution in [0.15, 0.2) is 24.3 Å². The second kappa shape index (κ2) is 7.72. The number of benzene rings is 1. The van der Waals surface area contributed by atoms with Gasteiger partial charge in [0, 0.05) is 17.5 Å². The molecule has 7 heteroatoms.